The molecule has 0 heterocycles. The molecule has 0 aromatic heterocycles. The number of nitrogens with one attached hydrogen (secondary N) is 1. The van der Waals surface area contributed by atoms with Crippen LogP contribution in [0.5, 0.6) is 0 Å². The topological polar surface area (TPSA) is 55.1 Å². The lowest BCUT2D eigenvalue weighted by atomic mass is 10.2. The van der Waals surface area contributed by atoms with Crippen molar-refractivity contribution in [2.24, 2.45) is 5.73 Å². The Morgan fingerprint density at radius 3 is 2.70 bits per heavy atom. The third kappa shape index (κ3) is 5.28. The molecule has 0 atom stereocenters. The lowest BCUT2D eigenvalue weighted by Gasteiger charge is -2.09. The summed E-state index contributed by atoms with van der Waals surface area (Å²) in [5.74, 6) is 1.08. The fourth-order valence-corrected chi connectivity index (χ4v) is 3.29. The Morgan fingerprint density at radius 1 is 1.35 bits per heavy atom. The van der Waals surface area contributed by atoms with Crippen LogP contribution in [0.1, 0.15) is 25.7 Å². The van der Waals surface area contributed by atoms with Crippen LogP contribution >= 0.6 is 40.1 Å². The average Bonchev–Trinajstić information content (AvgIpc) is 3.15. The number of amides is 1. The van der Waals surface area contributed by atoms with Crippen LogP contribution in [0.4, 0.5) is 0 Å². The molecule has 0 spiro atoms. The average molecular weight is 380 g/mol. The third-order valence-corrected chi connectivity index (χ3v) is 5.31. The van der Waals surface area contributed by atoms with Crippen LogP contribution < -0.4 is 11.1 Å². The fraction of sp³-hybridized carbons (Fsp3) is 0.500. The summed E-state index contributed by atoms with van der Waals surface area (Å²) in [5, 5.41) is 2.91. The van der Waals surface area contributed by atoms with E-state index in [-0.39, 0.29) is 18.3 Å². The number of rotatable bonds is 7. The molecule has 0 saturated heterocycles. The highest BCUT2D eigenvalue weighted by Gasteiger charge is 2.45. The van der Waals surface area contributed by atoms with E-state index in [1.807, 2.05) is 23.9 Å². The normalized spacial score (nSPS) is 15.3. The van der Waals surface area contributed by atoms with E-state index in [1.54, 1.807) is 0 Å². The lowest BCUT2D eigenvalue weighted by Crippen LogP contribution is -2.43. The second-order valence-electron chi connectivity index (χ2n) is 4.90. The van der Waals surface area contributed by atoms with E-state index in [9.17, 15) is 4.79 Å². The van der Waals surface area contributed by atoms with Crippen molar-refractivity contribution in [3.8, 4) is 0 Å². The van der Waals surface area contributed by atoms with Gasteiger partial charge < -0.3 is 11.1 Å². The quantitative estimate of drug-likeness (QED) is 0.564. The lowest BCUT2D eigenvalue weighted by molar-refractivity contribution is -0.123. The van der Waals surface area contributed by atoms with Gasteiger partial charge in [0.25, 0.3) is 0 Å². The minimum Gasteiger partial charge on any atom is -0.355 e. The first-order valence-corrected chi connectivity index (χ1v) is 8.34. The Morgan fingerprint density at radius 2 is 2.05 bits per heavy atom. The number of hydrogen-bond acceptors (Lipinski definition) is 3. The van der Waals surface area contributed by atoms with Crippen LogP contribution in [0.25, 0.3) is 0 Å². The maximum atomic E-state index is 11.6. The Balaban J connectivity index is 0.00000200. The largest absolute Gasteiger partial charge is 0.355 e. The molecule has 1 aliphatic rings. The maximum absolute atomic E-state index is 11.6. The van der Waals surface area contributed by atoms with Crippen molar-refractivity contribution in [3.63, 3.8) is 0 Å². The zero-order valence-electron chi connectivity index (χ0n) is 11.2. The first-order chi connectivity index (χ1) is 9.12. The maximum Gasteiger partial charge on any atom is 0.240 e. The third-order valence-electron chi connectivity index (χ3n) is 3.19. The molecule has 1 aromatic rings. The summed E-state index contributed by atoms with van der Waals surface area (Å²) >= 11 is 5.37. The number of benzene rings is 1. The number of carbonyl (C=O) groups excluding carboxylic acids is 1. The van der Waals surface area contributed by atoms with Gasteiger partial charge in [0.15, 0.2) is 0 Å². The van der Waals surface area contributed by atoms with E-state index < -0.39 is 5.54 Å². The Hall–Kier alpha value is -0.230. The Kier molecular flexibility index (Phi) is 7.37. The molecule has 0 bridgehead atoms. The van der Waals surface area contributed by atoms with Gasteiger partial charge in [0.2, 0.25) is 5.91 Å². The van der Waals surface area contributed by atoms with E-state index in [2.05, 4.69) is 33.4 Å². The predicted molar refractivity (Wildman–Crippen MR) is 90.5 cm³/mol. The highest BCUT2D eigenvalue weighted by molar-refractivity contribution is 9.10. The molecule has 3 N–H and O–H groups in total. The van der Waals surface area contributed by atoms with Crippen LogP contribution in [-0.4, -0.2) is 23.7 Å². The molecule has 6 heteroatoms. The molecule has 112 valence electrons. The Bertz CT molecular complexity index is 455. The highest BCUT2D eigenvalue weighted by Crippen LogP contribution is 2.32. The standard InChI is InChI=1S/C14H19BrN2OS.ClH/c15-11-5-1-2-6-12(11)19-10-4-3-9-17-13(18)14(16)7-8-14;/h1-2,5-6H,3-4,7-10,16H2,(H,17,18);1H. The van der Waals surface area contributed by atoms with E-state index in [1.165, 1.54) is 4.90 Å². The van der Waals surface area contributed by atoms with Gasteiger partial charge in [-0.05, 0) is 59.5 Å². The van der Waals surface area contributed by atoms with Crippen LogP contribution in [0.15, 0.2) is 33.6 Å². The van der Waals surface area contributed by atoms with Gasteiger partial charge in [-0.25, -0.2) is 0 Å². The predicted octanol–water partition coefficient (Wildman–Crippen LogP) is 3.35. The summed E-state index contributed by atoms with van der Waals surface area (Å²) in [4.78, 5) is 12.8. The van der Waals surface area contributed by atoms with Gasteiger partial charge in [-0.2, -0.15) is 0 Å². The molecule has 1 saturated carbocycles. The van der Waals surface area contributed by atoms with Crippen molar-refractivity contribution in [1.29, 1.82) is 0 Å². The fourth-order valence-electron chi connectivity index (χ4n) is 1.71. The minimum absolute atomic E-state index is 0. The molecule has 0 unspecified atom stereocenters. The number of halogens is 2. The zero-order chi connectivity index (χ0) is 13.7. The van der Waals surface area contributed by atoms with Gasteiger partial charge in [0.05, 0.1) is 5.54 Å². The van der Waals surface area contributed by atoms with E-state index in [0.717, 1.165) is 42.5 Å². The number of hydrogen-bond donors (Lipinski definition) is 2. The van der Waals surface area contributed by atoms with Gasteiger partial charge >= 0.3 is 0 Å². The second kappa shape index (κ2) is 8.27. The molecule has 3 nitrogen and oxygen atoms in total. The summed E-state index contributed by atoms with van der Waals surface area (Å²) in [6.07, 6.45) is 3.75. The summed E-state index contributed by atoms with van der Waals surface area (Å²) in [6.45, 7) is 0.730. The Labute approximate surface area is 139 Å². The number of thioether (sulfide) groups is 1. The van der Waals surface area contributed by atoms with Crippen molar-refractivity contribution in [2.45, 2.75) is 36.1 Å². The molecular weight excluding hydrogens is 360 g/mol. The number of unbranched alkanes of at least 4 members (excludes halogenated alkanes) is 1. The number of nitrogens with two attached hydrogens (primary N) is 1. The minimum atomic E-state index is -0.538. The molecular formula is C14H20BrClN2OS. The summed E-state index contributed by atoms with van der Waals surface area (Å²) in [6, 6.07) is 8.23. The smallest absolute Gasteiger partial charge is 0.240 e. The molecule has 2 rings (SSSR count). The summed E-state index contributed by atoms with van der Waals surface area (Å²) < 4.78 is 1.15. The molecule has 1 aromatic carbocycles. The van der Waals surface area contributed by atoms with E-state index >= 15 is 0 Å². The highest BCUT2D eigenvalue weighted by atomic mass is 79.9. The molecule has 1 fully saturated rings. The van der Waals surface area contributed by atoms with Crippen LogP contribution in [0.3, 0.4) is 0 Å². The molecule has 20 heavy (non-hydrogen) atoms. The summed E-state index contributed by atoms with van der Waals surface area (Å²) in [7, 11) is 0. The summed E-state index contributed by atoms with van der Waals surface area (Å²) in [5.41, 5.74) is 5.26. The van der Waals surface area contributed by atoms with Crippen molar-refractivity contribution in [1.82, 2.24) is 5.32 Å². The van der Waals surface area contributed by atoms with Crippen LogP contribution in [0, 0.1) is 0 Å². The van der Waals surface area contributed by atoms with Crippen molar-refractivity contribution in [3.05, 3.63) is 28.7 Å². The van der Waals surface area contributed by atoms with Crippen LogP contribution in [0.2, 0.25) is 0 Å². The SMILES string of the molecule is Cl.NC1(C(=O)NCCCCSc2ccccc2Br)CC1. The van der Waals surface area contributed by atoms with Gasteiger partial charge in [-0.15, -0.1) is 24.2 Å². The van der Waals surface area contributed by atoms with E-state index in [4.69, 9.17) is 5.73 Å². The number of carbonyl (C=O) groups is 1. The van der Waals surface area contributed by atoms with Crippen molar-refractivity contribution in [2.75, 3.05) is 12.3 Å². The van der Waals surface area contributed by atoms with Gasteiger partial charge in [-0.1, -0.05) is 12.1 Å². The zero-order valence-corrected chi connectivity index (χ0v) is 14.5. The van der Waals surface area contributed by atoms with Crippen LogP contribution in [-0.2, 0) is 4.79 Å². The molecule has 1 amide bonds. The van der Waals surface area contributed by atoms with E-state index in [0.29, 0.717) is 0 Å². The van der Waals surface area contributed by atoms with Gasteiger partial charge in [0.1, 0.15) is 0 Å². The molecule has 0 aliphatic heterocycles. The first-order valence-electron chi connectivity index (χ1n) is 6.56. The first kappa shape index (κ1) is 17.8. The molecule has 1 aliphatic carbocycles. The van der Waals surface area contributed by atoms with Crippen molar-refractivity contribution < 1.29 is 4.79 Å². The molecule has 0 radical (unpaired) electrons. The second-order valence-corrected chi connectivity index (χ2v) is 6.89. The van der Waals surface area contributed by atoms with Crippen molar-refractivity contribution >= 4 is 46.0 Å². The van der Waals surface area contributed by atoms with Gasteiger partial charge in [-0.3, -0.25) is 4.79 Å². The van der Waals surface area contributed by atoms with Gasteiger partial charge in [0, 0.05) is 15.9 Å². The monoisotopic (exact) mass is 378 g/mol.